The van der Waals surface area contributed by atoms with Gasteiger partial charge < -0.3 is 23.1 Å². The minimum absolute atomic E-state index is 0.256. The largest absolute Gasteiger partial charge is 0.465 e. The van der Waals surface area contributed by atoms with Crippen LogP contribution < -0.4 is 5.56 Å². The molecule has 0 aliphatic heterocycles. The molecule has 11 nitrogen and oxygen atoms in total. The predicted octanol–water partition coefficient (Wildman–Crippen LogP) is 6.02. The highest BCUT2D eigenvalue weighted by atomic mass is 28.3. The third-order valence-electron chi connectivity index (χ3n) is 7.97. The number of nitrogens with zero attached hydrogens (tertiary/aromatic N) is 6. The van der Waals surface area contributed by atoms with Crippen molar-refractivity contribution in [3.8, 4) is 33.7 Å². The quantitative estimate of drug-likeness (QED) is 0.109. The van der Waals surface area contributed by atoms with Gasteiger partial charge >= 0.3 is 5.97 Å². The molecule has 0 aliphatic carbocycles. The van der Waals surface area contributed by atoms with Crippen LogP contribution in [0.3, 0.4) is 0 Å². The summed E-state index contributed by atoms with van der Waals surface area (Å²) in [6, 6.07) is 11.9. The van der Waals surface area contributed by atoms with E-state index in [2.05, 4.69) is 40.5 Å². The molecule has 0 bridgehead atoms. The van der Waals surface area contributed by atoms with E-state index in [9.17, 15) is 9.59 Å². The van der Waals surface area contributed by atoms with E-state index in [1.54, 1.807) is 40.7 Å². The van der Waals surface area contributed by atoms with Crippen molar-refractivity contribution in [3.05, 3.63) is 76.6 Å². The van der Waals surface area contributed by atoms with Gasteiger partial charge in [-0.1, -0.05) is 36.9 Å². The van der Waals surface area contributed by atoms with E-state index in [1.807, 2.05) is 38.5 Å². The Balaban J connectivity index is 1.67. The lowest BCUT2D eigenvalue weighted by molar-refractivity contribution is 0.0600. The molecule has 0 saturated carbocycles. The molecule has 6 aromatic rings. The lowest BCUT2D eigenvalue weighted by atomic mass is 9.93. The molecule has 0 atom stereocenters. The van der Waals surface area contributed by atoms with Gasteiger partial charge in [-0.25, -0.2) is 9.78 Å². The maximum absolute atomic E-state index is 14.0. The van der Waals surface area contributed by atoms with Gasteiger partial charge in [-0.2, -0.15) is 5.10 Å². The van der Waals surface area contributed by atoms with Crippen LogP contribution in [0.5, 0.6) is 0 Å². The highest BCUT2D eigenvalue weighted by Gasteiger charge is 2.26. The fourth-order valence-electron chi connectivity index (χ4n) is 5.56. The zero-order chi connectivity index (χ0) is 32.0. The average molecular weight is 625 g/mol. The van der Waals surface area contributed by atoms with Gasteiger partial charge in [-0.15, -0.1) is 0 Å². The zero-order valence-corrected chi connectivity index (χ0v) is 27.5. The van der Waals surface area contributed by atoms with Crippen LogP contribution >= 0.6 is 0 Å². The fraction of sp³-hybridized carbons (Fsp3) is 0.303. The molecule has 6 rings (SSSR count). The lowest BCUT2D eigenvalue weighted by Gasteiger charge is -2.17. The Bertz CT molecular complexity index is 2110. The van der Waals surface area contributed by atoms with E-state index < -0.39 is 14.0 Å². The molecule has 0 radical (unpaired) electrons. The number of esters is 1. The van der Waals surface area contributed by atoms with Gasteiger partial charge in [0.15, 0.2) is 5.76 Å². The smallest absolute Gasteiger partial charge is 0.337 e. The molecule has 232 valence electrons. The number of pyridine rings is 2. The molecule has 0 spiro atoms. The summed E-state index contributed by atoms with van der Waals surface area (Å²) >= 11 is 0. The fourth-order valence-corrected chi connectivity index (χ4v) is 6.32. The molecule has 0 unspecified atom stereocenters. The Morgan fingerprint density at radius 1 is 1.02 bits per heavy atom. The second-order valence-corrected chi connectivity index (χ2v) is 18.1. The number of ether oxygens (including phenoxy) is 2. The number of methoxy groups -OCH3 is 1. The molecule has 1 aromatic carbocycles. The first-order valence-electron chi connectivity index (χ1n) is 14.7. The first-order valence-corrected chi connectivity index (χ1v) is 18.4. The molecule has 0 fully saturated rings. The van der Waals surface area contributed by atoms with Gasteiger partial charge in [0, 0.05) is 62.9 Å². The van der Waals surface area contributed by atoms with Gasteiger partial charge in [0.1, 0.15) is 12.4 Å². The van der Waals surface area contributed by atoms with Gasteiger partial charge in [-0.05, 0) is 36.7 Å². The number of aromatic nitrogens is 6. The predicted molar refractivity (Wildman–Crippen MR) is 176 cm³/mol. The Hall–Kier alpha value is -4.81. The summed E-state index contributed by atoms with van der Waals surface area (Å²) in [5.74, 6) is -0.0889. The molecule has 0 amide bonds. The van der Waals surface area contributed by atoms with Crippen LogP contribution in [0.15, 0.2) is 64.3 Å². The number of carbonyl (C=O) groups excluding carboxylic acids is 1. The molecule has 5 heterocycles. The minimum Gasteiger partial charge on any atom is -0.465 e. The van der Waals surface area contributed by atoms with Crippen LogP contribution in [-0.2, 0) is 30.3 Å². The summed E-state index contributed by atoms with van der Waals surface area (Å²) in [7, 11) is 3.67. The minimum atomic E-state index is -1.29. The van der Waals surface area contributed by atoms with Crippen molar-refractivity contribution in [1.82, 2.24) is 29.1 Å². The number of hydrogen-bond acceptors (Lipinski definition) is 8. The van der Waals surface area contributed by atoms with Crippen LogP contribution in [0.1, 0.15) is 16.1 Å². The number of hydrogen-bond donors (Lipinski definition) is 0. The van der Waals surface area contributed by atoms with Gasteiger partial charge in [-0.3, -0.25) is 9.48 Å². The Morgan fingerprint density at radius 3 is 2.40 bits per heavy atom. The van der Waals surface area contributed by atoms with Crippen molar-refractivity contribution in [1.29, 1.82) is 0 Å². The average Bonchev–Trinajstić information content (AvgIpc) is 3.74. The van der Waals surface area contributed by atoms with Gasteiger partial charge in [0.25, 0.3) is 5.56 Å². The Kier molecular flexibility index (Phi) is 7.79. The lowest BCUT2D eigenvalue weighted by Crippen LogP contribution is -2.22. The SMILES string of the molecule is COC(=O)c1ccc(-c2c(-c3cc(C)no3)c(=O)n(C)c3cnc4c(cc(-c5cnn(C)c5)n4COCC[Si](C)(C)C)c23)cc1. The highest BCUT2D eigenvalue weighted by molar-refractivity contribution is 6.76. The van der Waals surface area contributed by atoms with Crippen LogP contribution in [0, 0.1) is 6.92 Å². The standard InChI is InChI=1S/C33H36N6O5Si/c1-20-14-27(44-36-20)30-28(21-8-10-22(11-9-21)33(41)42-4)29-24-15-25(23-16-35-37(2)18-23)39(19-43-12-13-45(5,6)7)31(24)34-17-26(29)38(3)32(30)40/h8-11,14-18H,12-13,19H2,1-7H3. The normalized spacial score (nSPS) is 12.0. The van der Waals surface area contributed by atoms with E-state index in [0.29, 0.717) is 52.6 Å². The first kappa shape index (κ1) is 30.2. The third-order valence-corrected chi connectivity index (χ3v) is 9.67. The maximum atomic E-state index is 14.0. The molecule has 0 saturated heterocycles. The molecule has 0 N–H and O–H groups in total. The summed E-state index contributed by atoms with van der Waals surface area (Å²) in [5, 5.41) is 10.1. The summed E-state index contributed by atoms with van der Waals surface area (Å²) in [6.45, 7) is 9.75. The van der Waals surface area contributed by atoms with E-state index in [4.69, 9.17) is 19.0 Å². The number of carbonyl (C=O) groups is 1. The van der Waals surface area contributed by atoms with Crippen LogP contribution in [-0.4, -0.2) is 56.8 Å². The monoisotopic (exact) mass is 624 g/mol. The molecule has 0 aliphatic rings. The van der Waals surface area contributed by atoms with E-state index >= 15 is 0 Å². The molecular formula is C33H36N6O5Si. The zero-order valence-electron chi connectivity index (χ0n) is 26.5. The number of benzene rings is 1. The van der Waals surface area contributed by atoms with Gasteiger partial charge in [0.05, 0.1) is 47.5 Å². The Morgan fingerprint density at radius 2 is 1.78 bits per heavy atom. The molecule has 5 aromatic heterocycles. The van der Waals surface area contributed by atoms with Crippen molar-refractivity contribution in [3.63, 3.8) is 0 Å². The van der Waals surface area contributed by atoms with Crippen molar-refractivity contribution >= 4 is 36.0 Å². The topological polar surface area (TPSA) is 119 Å². The summed E-state index contributed by atoms with van der Waals surface area (Å²) < 4.78 is 22.3. The van der Waals surface area contributed by atoms with Crippen molar-refractivity contribution in [2.24, 2.45) is 14.1 Å². The van der Waals surface area contributed by atoms with Crippen LogP contribution in [0.4, 0.5) is 0 Å². The summed E-state index contributed by atoms with van der Waals surface area (Å²) in [6.07, 6.45) is 5.51. The molecule has 45 heavy (non-hydrogen) atoms. The van der Waals surface area contributed by atoms with Crippen molar-refractivity contribution in [2.75, 3.05) is 13.7 Å². The third kappa shape index (κ3) is 5.62. The maximum Gasteiger partial charge on any atom is 0.337 e. The van der Waals surface area contributed by atoms with Crippen molar-refractivity contribution in [2.45, 2.75) is 39.3 Å². The summed E-state index contributed by atoms with van der Waals surface area (Å²) in [5.41, 5.74) is 5.71. The first-order chi connectivity index (χ1) is 21.5. The second-order valence-electron chi connectivity index (χ2n) is 12.5. The number of aryl methyl sites for hydroxylation is 3. The molecular weight excluding hydrogens is 588 g/mol. The van der Waals surface area contributed by atoms with E-state index in [1.165, 1.54) is 7.11 Å². The second kappa shape index (κ2) is 11.6. The van der Waals surface area contributed by atoms with Gasteiger partial charge in [0.2, 0.25) is 0 Å². The van der Waals surface area contributed by atoms with E-state index in [-0.39, 0.29) is 5.56 Å². The number of rotatable bonds is 9. The Labute approximate surface area is 261 Å². The summed E-state index contributed by atoms with van der Waals surface area (Å²) in [4.78, 5) is 31.2. The molecule has 12 heteroatoms. The van der Waals surface area contributed by atoms with Crippen molar-refractivity contribution < 1.29 is 18.8 Å². The highest BCUT2D eigenvalue weighted by Crippen LogP contribution is 2.41. The van der Waals surface area contributed by atoms with Crippen LogP contribution in [0.2, 0.25) is 25.7 Å². The van der Waals surface area contributed by atoms with E-state index in [0.717, 1.165) is 33.6 Å². The van der Waals surface area contributed by atoms with Crippen LogP contribution in [0.25, 0.3) is 55.6 Å². The number of fused-ring (bicyclic) bond motifs is 3.